The number of likely N-dealkylation sites (tertiary alicyclic amines) is 1. The predicted octanol–water partition coefficient (Wildman–Crippen LogP) is 1.08. The molecule has 28 heavy (non-hydrogen) atoms. The fourth-order valence-electron chi connectivity index (χ4n) is 3.81. The maximum absolute atomic E-state index is 13.1. The molecule has 3 heterocycles. The highest BCUT2D eigenvalue weighted by atomic mass is 32.1. The van der Waals surface area contributed by atoms with E-state index in [9.17, 15) is 15.0 Å². The highest BCUT2D eigenvalue weighted by molar-refractivity contribution is 7.13. The van der Waals surface area contributed by atoms with Crippen LogP contribution in [0.15, 0.2) is 35.7 Å². The van der Waals surface area contributed by atoms with Crippen LogP contribution < -0.4 is 0 Å². The zero-order chi connectivity index (χ0) is 19.5. The molecule has 4 rings (SSSR count). The van der Waals surface area contributed by atoms with E-state index in [1.165, 1.54) is 11.3 Å². The molecule has 0 aliphatic carbocycles. The molecule has 0 bridgehead atoms. The average Bonchev–Trinajstić information content (AvgIpc) is 3.19. The van der Waals surface area contributed by atoms with Crippen molar-refractivity contribution in [2.75, 3.05) is 39.4 Å². The van der Waals surface area contributed by atoms with Gasteiger partial charge in [0.05, 0.1) is 31.5 Å². The van der Waals surface area contributed by atoms with Gasteiger partial charge in [-0.25, -0.2) is 4.98 Å². The van der Waals surface area contributed by atoms with E-state index in [1.54, 1.807) is 10.3 Å². The summed E-state index contributed by atoms with van der Waals surface area (Å²) < 4.78 is 5.40. The first-order valence-corrected chi connectivity index (χ1v) is 10.5. The van der Waals surface area contributed by atoms with Crippen molar-refractivity contribution in [2.45, 2.75) is 24.7 Å². The molecule has 2 aliphatic heterocycles. The molecule has 2 aromatic rings. The number of aliphatic hydroxyl groups is 2. The number of nitrogens with zero attached hydrogens (tertiary/aromatic N) is 3. The molecular formula is C20H25N3O4S. The second kappa shape index (κ2) is 8.67. The summed E-state index contributed by atoms with van der Waals surface area (Å²) in [6, 6.07) is 9.48. The molecule has 8 heteroatoms. The van der Waals surface area contributed by atoms with Crippen molar-refractivity contribution in [3.05, 3.63) is 41.4 Å². The summed E-state index contributed by atoms with van der Waals surface area (Å²) in [6.45, 7) is 3.33. The van der Waals surface area contributed by atoms with E-state index in [-0.39, 0.29) is 11.9 Å². The number of aromatic nitrogens is 1. The van der Waals surface area contributed by atoms with Gasteiger partial charge >= 0.3 is 0 Å². The Morgan fingerprint density at radius 1 is 1.14 bits per heavy atom. The van der Waals surface area contributed by atoms with Crippen LogP contribution in [0.4, 0.5) is 0 Å². The Bertz CT molecular complexity index is 794. The van der Waals surface area contributed by atoms with Crippen LogP contribution in [-0.2, 0) is 4.74 Å². The van der Waals surface area contributed by atoms with Crippen molar-refractivity contribution in [3.63, 3.8) is 0 Å². The summed E-state index contributed by atoms with van der Waals surface area (Å²) in [4.78, 5) is 21.5. The van der Waals surface area contributed by atoms with Gasteiger partial charge in [-0.15, -0.1) is 11.3 Å². The minimum atomic E-state index is -0.883. The molecule has 7 nitrogen and oxygen atoms in total. The van der Waals surface area contributed by atoms with E-state index < -0.39 is 12.2 Å². The molecule has 1 aromatic carbocycles. The van der Waals surface area contributed by atoms with Crippen LogP contribution >= 0.6 is 11.3 Å². The topological polar surface area (TPSA) is 86.1 Å². The van der Waals surface area contributed by atoms with Crippen LogP contribution in [0.2, 0.25) is 0 Å². The largest absolute Gasteiger partial charge is 0.390 e. The summed E-state index contributed by atoms with van der Waals surface area (Å²) >= 11 is 1.45. The van der Waals surface area contributed by atoms with Gasteiger partial charge < -0.3 is 19.8 Å². The molecule has 150 valence electrons. The Hall–Kier alpha value is -1.84. The first-order chi connectivity index (χ1) is 13.6. The van der Waals surface area contributed by atoms with Gasteiger partial charge in [-0.3, -0.25) is 9.69 Å². The number of morpholine rings is 1. The van der Waals surface area contributed by atoms with E-state index in [1.807, 2.05) is 30.3 Å². The number of ether oxygens (including phenoxy) is 1. The first-order valence-electron chi connectivity index (χ1n) is 9.61. The smallest absolute Gasteiger partial charge is 0.273 e. The van der Waals surface area contributed by atoms with Gasteiger partial charge in [0.2, 0.25) is 0 Å². The zero-order valence-corrected chi connectivity index (χ0v) is 16.4. The summed E-state index contributed by atoms with van der Waals surface area (Å²) in [5.41, 5.74) is 1.40. The number of hydrogen-bond acceptors (Lipinski definition) is 7. The quantitative estimate of drug-likeness (QED) is 0.798. The number of benzene rings is 1. The third-order valence-electron chi connectivity index (χ3n) is 5.44. The van der Waals surface area contributed by atoms with Crippen LogP contribution in [0.3, 0.4) is 0 Å². The second-order valence-corrected chi connectivity index (χ2v) is 8.08. The Morgan fingerprint density at radius 2 is 1.89 bits per heavy atom. The molecule has 1 aromatic heterocycles. The van der Waals surface area contributed by atoms with E-state index in [0.717, 1.165) is 10.6 Å². The van der Waals surface area contributed by atoms with Gasteiger partial charge in [0.1, 0.15) is 10.7 Å². The van der Waals surface area contributed by atoms with Gasteiger partial charge in [-0.1, -0.05) is 30.3 Å². The molecule has 0 radical (unpaired) electrons. The Balaban J connectivity index is 1.52. The third kappa shape index (κ3) is 4.11. The van der Waals surface area contributed by atoms with Crippen molar-refractivity contribution >= 4 is 17.2 Å². The van der Waals surface area contributed by atoms with Crippen LogP contribution in [0.1, 0.15) is 16.9 Å². The molecular weight excluding hydrogens is 378 g/mol. The number of amides is 1. The predicted molar refractivity (Wildman–Crippen MR) is 106 cm³/mol. The minimum Gasteiger partial charge on any atom is -0.390 e. The summed E-state index contributed by atoms with van der Waals surface area (Å²) in [5, 5.41) is 23.5. The van der Waals surface area contributed by atoms with Gasteiger partial charge in [0, 0.05) is 37.1 Å². The molecule has 2 saturated heterocycles. The standard InChI is InChI=1S/C20H25N3O4S/c24-17-6-7-23(12-16(18(17)25)22-8-10-27-11-9-22)20(26)15-13-28-19(21-15)14-4-2-1-3-5-14/h1-5,13,16-18,24-25H,6-12H2/t16-,17-,18+/m1/s1. The number of carbonyl (C=O) groups is 1. The number of carbonyl (C=O) groups excluding carboxylic acids is 1. The van der Waals surface area contributed by atoms with E-state index in [0.29, 0.717) is 51.5 Å². The lowest BCUT2D eigenvalue weighted by molar-refractivity contribution is -0.0609. The maximum atomic E-state index is 13.1. The van der Waals surface area contributed by atoms with E-state index in [2.05, 4.69) is 9.88 Å². The Morgan fingerprint density at radius 3 is 2.64 bits per heavy atom. The molecule has 0 saturated carbocycles. The minimum absolute atomic E-state index is 0.155. The van der Waals surface area contributed by atoms with E-state index in [4.69, 9.17) is 4.74 Å². The monoisotopic (exact) mass is 403 g/mol. The third-order valence-corrected chi connectivity index (χ3v) is 6.33. The first kappa shape index (κ1) is 19.5. The highest BCUT2D eigenvalue weighted by Crippen LogP contribution is 2.25. The molecule has 2 aliphatic rings. The maximum Gasteiger partial charge on any atom is 0.273 e. The normalized spacial score (nSPS) is 26.8. The zero-order valence-electron chi connectivity index (χ0n) is 15.6. The van der Waals surface area contributed by atoms with Crippen LogP contribution in [0.25, 0.3) is 10.6 Å². The molecule has 3 atom stereocenters. The van der Waals surface area contributed by atoms with Gasteiger partial charge in [-0.2, -0.15) is 0 Å². The molecule has 2 fully saturated rings. The van der Waals surface area contributed by atoms with Gasteiger partial charge in [0.25, 0.3) is 5.91 Å². The Kier molecular flexibility index (Phi) is 6.03. The second-order valence-electron chi connectivity index (χ2n) is 7.22. The van der Waals surface area contributed by atoms with Crippen molar-refractivity contribution in [1.82, 2.24) is 14.8 Å². The lowest BCUT2D eigenvalue weighted by atomic mass is 10.0. The summed E-state index contributed by atoms with van der Waals surface area (Å²) in [5.74, 6) is -0.155. The fraction of sp³-hybridized carbons (Fsp3) is 0.500. The average molecular weight is 404 g/mol. The number of thiazole rings is 1. The highest BCUT2D eigenvalue weighted by Gasteiger charge is 2.38. The lowest BCUT2D eigenvalue weighted by Crippen LogP contribution is -2.55. The molecule has 0 unspecified atom stereocenters. The van der Waals surface area contributed by atoms with Gasteiger partial charge in [-0.05, 0) is 6.42 Å². The van der Waals surface area contributed by atoms with Crippen LogP contribution in [0.5, 0.6) is 0 Å². The molecule has 0 spiro atoms. The van der Waals surface area contributed by atoms with Crippen molar-refractivity contribution < 1.29 is 19.7 Å². The van der Waals surface area contributed by atoms with E-state index >= 15 is 0 Å². The molecule has 1 amide bonds. The van der Waals surface area contributed by atoms with Gasteiger partial charge in [0.15, 0.2) is 0 Å². The summed E-state index contributed by atoms with van der Waals surface area (Å²) in [7, 11) is 0. The van der Waals surface area contributed by atoms with Crippen molar-refractivity contribution in [1.29, 1.82) is 0 Å². The fourth-order valence-corrected chi connectivity index (χ4v) is 4.61. The van der Waals surface area contributed by atoms with Crippen molar-refractivity contribution in [2.24, 2.45) is 0 Å². The SMILES string of the molecule is O=C(c1csc(-c2ccccc2)n1)N1CC[C@@H](O)[C@@H](O)[C@H](N2CCOCC2)C1. The number of rotatable bonds is 3. The lowest BCUT2D eigenvalue weighted by Gasteiger charge is -2.38. The van der Waals surface area contributed by atoms with Crippen LogP contribution in [0, 0.1) is 0 Å². The number of hydrogen-bond donors (Lipinski definition) is 2. The number of aliphatic hydroxyl groups excluding tert-OH is 2. The van der Waals surface area contributed by atoms with Crippen molar-refractivity contribution in [3.8, 4) is 10.6 Å². The summed E-state index contributed by atoms with van der Waals surface area (Å²) in [6.07, 6.45) is -1.38. The molecule has 2 N–H and O–H groups in total. The van der Waals surface area contributed by atoms with Crippen LogP contribution in [-0.4, -0.2) is 88.5 Å². The Labute approximate surface area is 168 Å².